The predicted molar refractivity (Wildman–Crippen MR) is 92.4 cm³/mol. The number of amides is 1. The zero-order valence-corrected chi connectivity index (χ0v) is 14.3. The van der Waals surface area contributed by atoms with Gasteiger partial charge < -0.3 is 14.9 Å². The van der Waals surface area contributed by atoms with Gasteiger partial charge in [-0.05, 0) is 37.3 Å². The Bertz CT molecular complexity index is 813. The molecule has 1 fully saturated rings. The second-order valence-corrected chi connectivity index (χ2v) is 6.35. The molecule has 0 bridgehead atoms. The van der Waals surface area contributed by atoms with Gasteiger partial charge in [-0.2, -0.15) is 13.2 Å². The number of hydrogen-bond donors (Lipinski definition) is 1. The summed E-state index contributed by atoms with van der Waals surface area (Å²) in [6.45, 7) is 3.45. The Morgan fingerprint density at radius 2 is 1.73 bits per heavy atom. The minimum absolute atomic E-state index is 0.0686. The maximum atomic E-state index is 12.9. The Morgan fingerprint density at radius 1 is 1.04 bits per heavy atom. The number of phenols is 1. The second kappa shape index (κ2) is 6.90. The summed E-state index contributed by atoms with van der Waals surface area (Å²) in [6, 6.07) is 10.0. The van der Waals surface area contributed by atoms with Gasteiger partial charge in [0, 0.05) is 31.9 Å². The van der Waals surface area contributed by atoms with E-state index in [0.717, 1.165) is 17.7 Å². The molecule has 1 aliphatic rings. The van der Waals surface area contributed by atoms with Gasteiger partial charge in [0.25, 0.3) is 5.91 Å². The van der Waals surface area contributed by atoms with Crippen molar-refractivity contribution >= 4 is 11.6 Å². The van der Waals surface area contributed by atoms with E-state index < -0.39 is 11.7 Å². The van der Waals surface area contributed by atoms with E-state index in [9.17, 15) is 23.1 Å². The maximum absolute atomic E-state index is 12.9. The van der Waals surface area contributed by atoms with Crippen LogP contribution in [0.3, 0.4) is 0 Å². The van der Waals surface area contributed by atoms with Gasteiger partial charge >= 0.3 is 6.18 Å². The van der Waals surface area contributed by atoms with Crippen LogP contribution >= 0.6 is 0 Å². The summed E-state index contributed by atoms with van der Waals surface area (Å²) in [7, 11) is 0. The van der Waals surface area contributed by atoms with E-state index in [1.165, 1.54) is 12.1 Å². The normalized spacial score (nSPS) is 15.2. The van der Waals surface area contributed by atoms with Crippen LogP contribution in [0, 0.1) is 6.92 Å². The number of carbonyl (C=O) groups excluding carboxylic acids is 1. The molecule has 1 aliphatic heterocycles. The van der Waals surface area contributed by atoms with Crippen LogP contribution in [-0.2, 0) is 6.18 Å². The molecule has 0 unspecified atom stereocenters. The number of aromatic hydroxyl groups is 1. The summed E-state index contributed by atoms with van der Waals surface area (Å²) in [6.07, 6.45) is -4.38. The number of aryl methyl sites for hydroxylation is 1. The van der Waals surface area contributed by atoms with E-state index >= 15 is 0 Å². The lowest BCUT2D eigenvalue weighted by Crippen LogP contribution is -2.48. The lowest BCUT2D eigenvalue weighted by Gasteiger charge is -2.36. The third kappa shape index (κ3) is 3.76. The molecule has 1 amide bonds. The van der Waals surface area contributed by atoms with Crippen molar-refractivity contribution in [1.82, 2.24) is 4.90 Å². The zero-order chi connectivity index (χ0) is 18.9. The molecule has 0 spiro atoms. The van der Waals surface area contributed by atoms with E-state index in [4.69, 9.17) is 0 Å². The summed E-state index contributed by atoms with van der Waals surface area (Å²) in [5.41, 5.74) is 0.926. The third-order valence-corrected chi connectivity index (χ3v) is 4.49. The van der Waals surface area contributed by atoms with Crippen molar-refractivity contribution in [3.63, 3.8) is 0 Å². The molecule has 7 heteroatoms. The van der Waals surface area contributed by atoms with Crippen molar-refractivity contribution in [1.29, 1.82) is 0 Å². The Balaban J connectivity index is 1.70. The first-order valence-electron chi connectivity index (χ1n) is 8.27. The van der Waals surface area contributed by atoms with Crippen molar-refractivity contribution < 1.29 is 23.1 Å². The topological polar surface area (TPSA) is 43.8 Å². The van der Waals surface area contributed by atoms with E-state index in [-0.39, 0.29) is 17.2 Å². The van der Waals surface area contributed by atoms with E-state index in [0.29, 0.717) is 31.9 Å². The molecule has 138 valence electrons. The van der Waals surface area contributed by atoms with Crippen molar-refractivity contribution in [2.75, 3.05) is 31.1 Å². The Morgan fingerprint density at radius 3 is 2.38 bits per heavy atom. The van der Waals surface area contributed by atoms with Crippen LogP contribution in [0.15, 0.2) is 42.5 Å². The summed E-state index contributed by atoms with van der Waals surface area (Å²) < 4.78 is 38.6. The highest BCUT2D eigenvalue weighted by Gasteiger charge is 2.31. The molecule has 0 aromatic heterocycles. The molecule has 26 heavy (non-hydrogen) atoms. The highest BCUT2D eigenvalue weighted by Crippen LogP contribution is 2.32. The predicted octanol–water partition coefficient (Wildman–Crippen LogP) is 3.68. The standard InChI is InChI=1S/C19H19F3N2O2/c1-13-5-6-17(25)16(11-13)18(26)24-9-7-23(8-10-24)15-4-2-3-14(12-15)19(20,21)22/h2-6,11-12,25H,7-10H2,1H3. The average Bonchev–Trinajstić information content (AvgIpc) is 2.63. The first kappa shape index (κ1) is 18.1. The number of alkyl halides is 3. The number of rotatable bonds is 2. The first-order valence-corrected chi connectivity index (χ1v) is 8.27. The van der Waals surface area contributed by atoms with Crippen LogP contribution in [0.5, 0.6) is 5.75 Å². The molecular weight excluding hydrogens is 345 g/mol. The van der Waals surface area contributed by atoms with Crippen LogP contribution in [0.1, 0.15) is 21.5 Å². The number of anilines is 1. The average molecular weight is 364 g/mol. The van der Waals surface area contributed by atoms with Gasteiger partial charge in [0.2, 0.25) is 0 Å². The van der Waals surface area contributed by atoms with Crippen LogP contribution < -0.4 is 4.90 Å². The van der Waals surface area contributed by atoms with E-state index in [1.807, 2.05) is 11.8 Å². The molecular formula is C19H19F3N2O2. The van der Waals surface area contributed by atoms with Crippen molar-refractivity contribution in [3.8, 4) is 5.75 Å². The van der Waals surface area contributed by atoms with Crippen molar-refractivity contribution in [2.24, 2.45) is 0 Å². The van der Waals surface area contributed by atoms with Gasteiger partial charge in [0.1, 0.15) is 5.75 Å². The summed E-state index contributed by atoms with van der Waals surface area (Å²) in [5, 5.41) is 9.91. The fraction of sp³-hybridized carbons (Fsp3) is 0.316. The molecule has 0 aliphatic carbocycles. The lowest BCUT2D eigenvalue weighted by molar-refractivity contribution is -0.137. The molecule has 1 heterocycles. The highest BCUT2D eigenvalue weighted by molar-refractivity contribution is 5.97. The van der Waals surface area contributed by atoms with Gasteiger partial charge in [0.15, 0.2) is 0 Å². The highest BCUT2D eigenvalue weighted by atomic mass is 19.4. The van der Waals surface area contributed by atoms with Crippen LogP contribution in [0.25, 0.3) is 0 Å². The smallest absolute Gasteiger partial charge is 0.416 e. The Kier molecular flexibility index (Phi) is 4.80. The molecule has 0 radical (unpaired) electrons. The number of halogens is 3. The first-order chi connectivity index (χ1) is 12.3. The Hall–Kier alpha value is -2.70. The number of piperazine rings is 1. The van der Waals surface area contributed by atoms with E-state index in [1.54, 1.807) is 23.1 Å². The number of hydrogen-bond acceptors (Lipinski definition) is 3. The molecule has 3 rings (SSSR count). The molecule has 0 atom stereocenters. The zero-order valence-electron chi connectivity index (χ0n) is 14.3. The van der Waals surface area contributed by atoms with Gasteiger partial charge in [-0.15, -0.1) is 0 Å². The number of nitrogens with zero attached hydrogens (tertiary/aromatic N) is 2. The molecule has 2 aromatic carbocycles. The lowest BCUT2D eigenvalue weighted by atomic mass is 10.1. The van der Waals surface area contributed by atoms with Crippen LogP contribution in [0.2, 0.25) is 0 Å². The number of carbonyl (C=O) groups is 1. The minimum Gasteiger partial charge on any atom is -0.507 e. The Labute approximate surface area is 149 Å². The number of benzene rings is 2. The van der Waals surface area contributed by atoms with Crippen LogP contribution in [-0.4, -0.2) is 42.1 Å². The molecule has 2 aromatic rings. The van der Waals surface area contributed by atoms with Gasteiger partial charge in [0.05, 0.1) is 11.1 Å². The van der Waals surface area contributed by atoms with Crippen molar-refractivity contribution in [2.45, 2.75) is 13.1 Å². The van der Waals surface area contributed by atoms with Gasteiger partial charge in [-0.25, -0.2) is 0 Å². The summed E-state index contributed by atoms with van der Waals surface area (Å²) >= 11 is 0. The fourth-order valence-corrected chi connectivity index (χ4v) is 3.04. The van der Waals surface area contributed by atoms with E-state index in [2.05, 4.69) is 0 Å². The molecule has 1 N–H and O–H groups in total. The summed E-state index contributed by atoms with van der Waals surface area (Å²) in [5.74, 6) is -0.337. The van der Waals surface area contributed by atoms with Crippen molar-refractivity contribution in [3.05, 3.63) is 59.2 Å². The van der Waals surface area contributed by atoms with Crippen LogP contribution in [0.4, 0.5) is 18.9 Å². The number of phenolic OH excluding ortho intramolecular Hbond substituents is 1. The van der Waals surface area contributed by atoms with Gasteiger partial charge in [-0.3, -0.25) is 4.79 Å². The van der Waals surface area contributed by atoms with Gasteiger partial charge in [-0.1, -0.05) is 17.7 Å². The minimum atomic E-state index is -4.38. The molecule has 0 saturated carbocycles. The largest absolute Gasteiger partial charge is 0.507 e. The maximum Gasteiger partial charge on any atom is 0.416 e. The fourth-order valence-electron chi connectivity index (χ4n) is 3.04. The SMILES string of the molecule is Cc1ccc(O)c(C(=O)N2CCN(c3cccc(C(F)(F)F)c3)CC2)c1. The second-order valence-electron chi connectivity index (χ2n) is 6.35. The summed E-state index contributed by atoms with van der Waals surface area (Å²) in [4.78, 5) is 16.0. The molecule has 4 nitrogen and oxygen atoms in total. The quantitative estimate of drug-likeness (QED) is 0.884. The third-order valence-electron chi connectivity index (χ3n) is 4.49. The molecule has 1 saturated heterocycles. The monoisotopic (exact) mass is 364 g/mol.